The van der Waals surface area contributed by atoms with Gasteiger partial charge in [0.1, 0.15) is 5.75 Å². The van der Waals surface area contributed by atoms with Crippen LogP contribution in [-0.2, 0) is 7.05 Å². The number of aromatic nitrogens is 2. The van der Waals surface area contributed by atoms with E-state index in [2.05, 4.69) is 4.98 Å². The Labute approximate surface area is 118 Å². The zero-order valence-corrected chi connectivity index (χ0v) is 11.0. The summed E-state index contributed by atoms with van der Waals surface area (Å²) in [7, 11) is 1.87. The van der Waals surface area contributed by atoms with E-state index < -0.39 is 10.7 Å². The number of aryl methyl sites for hydroxylation is 1. The van der Waals surface area contributed by atoms with Gasteiger partial charge in [0.15, 0.2) is 11.6 Å². The monoisotopic (exact) mass is 287 g/mol. The minimum atomic E-state index is -0.787. The lowest BCUT2D eigenvalue weighted by Gasteiger charge is -2.06. The maximum absolute atomic E-state index is 13.8. The van der Waals surface area contributed by atoms with Crippen molar-refractivity contribution in [3.8, 4) is 11.5 Å². The lowest BCUT2D eigenvalue weighted by atomic mass is 10.2. The third-order valence-electron chi connectivity index (χ3n) is 3.05. The van der Waals surface area contributed by atoms with Crippen LogP contribution < -0.4 is 4.74 Å². The zero-order valence-electron chi connectivity index (χ0n) is 11.0. The molecule has 2 aromatic carbocycles. The molecule has 106 valence electrons. The van der Waals surface area contributed by atoms with Crippen LogP contribution in [0.2, 0.25) is 0 Å². The number of benzene rings is 2. The second-order valence-corrected chi connectivity index (χ2v) is 4.48. The van der Waals surface area contributed by atoms with Crippen molar-refractivity contribution in [2.45, 2.75) is 0 Å². The number of hydrogen-bond acceptors (Lipinski definition) is 4. The Bertz CT molecular complexity index is 845. The summed E-state index contributed by atoms with van der Waals surface area (Å²) in [6, 6.07) is 8.42. The Morgan fingerprint density at radius 2 is 2.10 bits per heavy atom. The van der Waals surface area contributed by atoms with Crippen LogP contribution in [-0.4, -0.2) is 14.5 Å². The molecule has 0 radical (unpaired) electrons. The molecule has 0 aliphatic heterocycles. The van der Waals surface area contributed by atoms with Crippen LogP contribution in [0.15, 0.2) is 42.7 Å². The number of rotatable bonds is 3. The molecule has 0 amide bonds. The van der Waals surface area contributed by atoms with E-state index in [-0.39, 0.29) is 11.4 Å². The molecule has 3 rings (SSSR count). The molecule has 0 spiro atoms. The third kappa shape index (κ3) is 2.40. The summed E-state index contributed by atoms with van der Waals surface area (Å²) in [6.45, 7) is 0. The normalized spacial score (nSPS) is 10.8. The summed E-state index contributed by atoms with van der Waals surface area (Å²) in [6.07, 6.45) is 1.67. The third-order valence-corrected chi connectivity index (χ3v) is 3.05. The van der Waals surface area contributed by atoms with Crippen molar-refractivity contribution in [1.29, 1.82) is 0 Å². The molecule has 0 aliphatic rings. The van der Waals surface area contributed by atoms with Crippen molar-refractivity contribution < 1.29 is 14.1 Å². The number of nitro groups is 1. The minimum Gasteiger partial charge on any atom is -0.454 e. The van der Waals surface area contributed by atoms with E-state index in [4.69, 9.17) is 4.74 Å². The van der Waals surface area contributed by atoms with Gasteiger partial charge in [0.25, 0.3) is 5.69 Å². The van der Waals surface area contributed by atoms with E-state index in [0.717, 1.165) is 17.1 Å². The summed E-state index contributed by atoms with van der Waals surface area (Å²) in [5.74, 6) is -0.449. The molecule has 0 saturated heterocycles. The summed E-state index contributed by atoms with van der Waals surface area (Å²) >= 11 is 0. The van der Waals surface area contributed by atoms with Gasteiger partial charge < -0.3 is 9.30 Å². The van der Waals surface area contributed by atoms with E-state index in [9.17, 15) is 14.5 Å². The molecular formula is C14H10FN3O3. The molecule has 0 N–H and O–H groups in total. The maximum atomic E-state index is 13.8. The van der Waals surface area contributed by atoms with Gasteiger partial charge in [-0.2, -0.15) is 0 Å². The predicted molar refractivity (Wildman–Crippen MR) is 73.8 cm³/mol. The van der Waals surface area contributed by atoms with Crippen molar-refractivity contribution in [3.05, 3.63) is 58.7 Å². The van der Waals surface area contributed by atoms with Crippen LogP contribution in [0.3, 0.4) is 0 Å². The first-order valence-corrected chi connectivity index (χ1v) is 6.07. The summed E-state index contributed by atoms with van der Waals surface area (Å²) < 4.78 is 21.0. The van der Waals surface area contributed by atoms with Gasteiger partial charge in [-0.3, -0.25) is 10.1 Å². The predicted octanol–water partition coefficient (Wildman–Crippen LogP) is 3.41. The molecule has 6 nitrogen and oxygen atoms in total. The van der Waals surface area contributed by atoms with Gasteiger partial charge in [-0.05, 0) is 18.2 Å². The van der Waals surface area contributed by atoms with E-state index in [0.29, 0.717) is 5.75 Å². The Kier molecular flexibility index (Phi) is 3.02. The zero-order chi connectivity index (χ0) is 15.0. The largest absolute Gasteiger partial charge is 0.454 e. The van der Waals surface area contributed by atoms with E-state index in [1.165, 1.54) is 12.1 Å². The molecule has 3 aromatic rings. The van der Waals surface area contributed by atoms with Gasteiger partial charge in [-0.25, -0.2) is 9.37 Å². The maximum Gasteiger partial charge on any atom is 0.272 e. The lowest BCUT2D eigenvalue weighted by molar-refractivity contribution is -0.385. The molecule has 0 aliphatic carbocycles. The second kappa shape index (κ2) is 4.86. The average Bonchev–Trinajstić information content (AvgIpc) is 2.82. The number of imidazole rings is 1. The van der Waals surface area contributed by atoms with Crippen molar-refractivity contribution in [1.82, 2.24) is 9.55 Å². The number of non-ortho nitro benzene ring substituents is 1. The minimum absolute atomic E-state index is 0.0733. The van der Waals surface area contributed by atoms with Gasteiger partial charge in [0, 0.05) is 19.2 Å². The van der Waals surface area contributed by atoms with Crippen molar-refractivity contribution in [2.24, 2.45) is 7.05 Å². The SMILES string of the molecule is Cn1cnc2cc(Oc3ccc([N+](=O)[O-])cc3F)ccc21. The molecule has 0 bridgehead atoms. The molecule has 1 aromatic heterocycles. The van der Waals surface area contributed by atoms with Gasteiger partial charge in [0.05, 0.1) is 28.4 Å². The van der Waals surface area contributed by atoms with E-state index in [1.807, 2.05) is 11.6 Å². The molecule has 7 heteroatoms. The summed E-state index contributed by atoms with van der Waals surface area (Å²) in [5.41, 5.74) is 1.32. The van der Waals surface area contributed by atoms with Crippen LogP contribution in [0.1, 0.15) is 0 Å². The quantitative estimate of drug-likeness (QED) is 0.546. The fourth-order valence-electron chi connectivity index (χ4n) is 1.99. The topological polar surface area (TPSA) is 70.2 Å². The smallest absolute Gasteiger partial charge is 0.272 e. The molecule has 21 heavy (non-hydrogen) atoms. The first-order chi connectivity index (χ1) is 10.0. The first-order valence-electron chi connectivity index (χ1n) is 6.07. The number of halogens is 1. The highest BCUT2D eigenvalue weighted by Gasteiger charge is 2.12. The highest BCUT2D eigenvalue weighted by atomic mass is 19.1. The van der Waals surface area contributed by atoms with Crippen LogP contribution in [0.25, 0.3) is 11.0 Å². The Balaban J connectivity index is 1.92. The van der Waals surface area contributed by atoms with E-state index in [1.54, 1.807) is 24.5 Å². The number of fused-ring (bicyclic) bond motifs is 1. The van der Waals surface area contributed by atoms with Gasteiger partial charge >= 0.3 is 0 Å². The highest BCUT2D eigenvalue weighted by Crippen LogP contribution is 2.29. The lowest BCUT2D eigenvalue weighted by Crippen LogP contribution is -1.92. The Morgan fingerprint density at radius 3 is 2.81 bits per heavy atom. The molecule has 0 atom stereocenters. The van der Waals surface area contributed by atoms with Gasteiger partial charge in [-0.1, -0.05) is 0 Å². The summed E-state index contributed by atoms with van der Waals surface area (Å²) in [4.78, 5) is 14.1. The second-order valence-electron chi connectivity index (χ2n) is 4.48. The van der Waals surface area contributed by atoms with Gasteiger partial charge in [0.2, 0.25) is 0 Å². The van der Waals surface area contributed by atoms with Crippen LogP contribution in [0.5, 0.6) is 11.5 Å². The van der Waals surface area contributed by atoms with Crippen molar-refractivity contribution >= 4 is 16.7 Å². The molecule has 0 unspecified atom stereocenters. The average molecular weight is 287 g/mol. The standard InChI is InChI=1S/C14H10FN3O3/c1-17-8-16-12-7-10(3-4-13(12)17)21-14-5-2-9(18(19)20)6-11(14)15/h2-8H,1H3. The van der Waals surface area contributed by atoms with Crippen molar-refractivity contribution in [3.63, 3.8) is 0 Å². The first kappa shape index (κ1) is 13.0. The van der Waals surface area contributed by atoms with Crippen LogP contribution in [0, 0.1) is 15.9 Å². The number of nitro benzene ring substituents is 1. The number of ether oxygens (including phenoxy) is 1. The van der Waals surface area contributed by atoms with Crippen molar-refractivity contribution in [2.75, 3.05) is 0 Å². The molecule has 0 saturated carbocycles. The summed E-state index contributed by atoms with van der Waals surface area (Å²) in [5, 5.41) is 10.6. The van der Waals surface area contributed by atoms with Crippen LogP contribution in [0.4, 0.5) is 10.1 Å². The molecular weight excluding hydrogens is 277 g/mol. The van der Waals surface area contributed by atoms with Gasteiger partial charge in [-0.15, -0.1) is 0 Å². The van der Waals surface area contributed by atoms with E-state index >= 15 is 0 Å². The highest BCUT2D eigenvalue weighted by molar-refractivity contribution is 5.77. The number of nitrogens with zero attached hydrogens (tertiary/aromatic N) is 3. The Hall–Kier alpha value is -2.96. The number of hydrogen-bond donors (Lipinski definition) is 0. The molecule has 0 fully saturated rings. The fraction of sp³-hybridized carbons (Fsp3) is 0.0714. The Morgan fingerprint density at radius 1 is 1.29 bits per heavy atom. The van der Waals surface area contributed by atoms with Crippen LogP contribution >= 0.6 is 0 Å². The fourth-order valence-corrected chi connectivity index (χ4v) is 1.99. The molecule has 1 heterocycles.